The van der Waals surface area contributed by atoms with Crippen LogP contribution in [0.3, 0.4) is 0 Å². The number of rotatable bonds is 2. The van der Waals surface area contributed by atoms with Crippen molar-refractivity contribution >= 4 is 23.1 Å². The molecule has 1 aromatic heterocycles. The average molecular weight is 403 g/mol. The zero-order valence-corrected chi connectivity index (χ0v) is 17.6. The van der Waals surface area contributed by atoms with E-state index in [1.54, 1.807) is 10.4 Å². The molecule has 2 aliphatic rings. The molecule has 29 heavy (non-hydrogen) atoms. The van der Waals surface area contributed by atoms with Crippen LogP contribution >= 0.6 is 11.3 Å². The predicted molar refractivity (Wildman–Crippen MR) is 120 cm³/mol. The van der Waals surface area contributed by atoms with Gasteiger partial charge in [0, 0.05) is 22.0 Å². The molecule has 0 saturated carbocycles. The minimum absolute atomic E-state index is 0.000400. The minimum atomic E-state index is -0.00910. The van der Waals surface area contributed by atoms with E-state index in [4.69, 9.17) is 0 Å². The van der Waals surface area contributed by atoms with Crippen molar-refractivity contribution < 1.29 is 4.79 Å². The number of benzene rings is 2. The van der Waals surface area contributed by atoms with Crippen LogP contribution in [0.25, 0.3) is 0 Å². The summed E-state index contributed by atoms with van der Waals surface area (Å²) >= 11 is 1.95. The molecule has 0 bridgehead atoms. The van der Waals surface area contributed by atoms with E-state index in [-0.39, 0.29) is 12.1 Å². The van der Waals surface area contributed by atoms with Gasteiger partial charge < -0.3 is 10.2 Å². The fourth-order valence-electron chi connectivity index (χ4n) is 4.74. The van der Waals surface area contributed by atoms with Gasteiger partial charge in [-0.05, 0) is 67.3 Å². The summed E-state index contributed by atoms with van der Waals surface area (Å²) in [5, 5.41) is 3.16. The average Bonchev–Trinajstić information content (AvgIpc) is 3.14. The number of hydrogen-bond acceptors (Lipinski definition) is 2. The molecule has 0 spiro atoms. The Morgan fingerprint density at radius 1 is 0.966 bits per heavy atom. The first-order valence-electron chi connectivity index (χ1n) is 10.5. The monoisotopic (exact) mass is 402 g/mol. The van der Waals surface area contributed by atoms with Crippen molar-refractivity contribution in [3.63, 3.8) is 0 Å². The van der Waals surface area contributed by atoms with Gasteiger partial charge in [0.25, 0.3) is 0 Å². The Balaban J connectivity index is 1.54. The van der Waals surface area contributed by atoms with Crippen molar-refractivity contribution in [2.75, 3.05) is 11.9 Å². The Hall–Kier alpha value is -2.59. The normalized spacial score (nSPS) is 18.1. The molecule has 5 rings (SSSR count). The third-order valence-electron chi connectivity index (χ3n) is 6.24. The molecular weight excluding hydrogens is 376 g/mol. The molecule has 1 aliphatic heterocycles. The van der Waals surface area contributed by atoms with Gasteiger partial charge >= 0.3 is 6.03 Å². The van der Waals surface area contributed by atoms with Crippen LogP contribution in [-0.2, 0) is 19.3 Å². The number of carbonyl (C=O) groups excluding carboxylic acids is 1. The van der Waals surface area contributed by atoms with E-state index in [0.717, 1.165) is 24.2 Å². The molecule has 0 unspecified atom stereocenters. The van der Waals surface area contributed by atoms with E-state index in [1.165, 1.54) is 41.7 Å². The highest BCUT2D eigenvalue weighted by atomic mass is 32.1. The van der Waals surface area contributed by atoms with Crippen LogP contribution in [0.1, 0.15) is 50.9 Å². The molecule has 1 aliphatic carbocycles. The van der Waals surface area contributed by atoms with E-state index in [1.807, 2.05) is 53.5 Å². The number of para-hydroxylation sites is 1. The molecule has 0 fully saturated rings. The highest BCUT2D eigenvalue weighted by Crippen LogP contribution is 2.45. The number of amides is 2. The molecule has 148 valence electrons. The number of aryl methyl sites for hydroxylation is 2. The molecule has 0 saturated heterocycles. The van der Waals surface area contributed by atoms with Crippen molar-refractivity contribution in [1.29, 1.82) is 0 Å². The lowest BCUT2D eigenvalue weighted by Gasteiger charge is -2.36. The molecule has 4 heteroatoms. The number of hydrogen-bond donors (Lipinski definition) is 1. The van der Waals surface area contributed by atoms with Crippen molar-refractivity contribution in [2.45, 2.75) is 45.1 Å². The zero-order valence-electron chi connectivity index (χ0n) is 16.8. The number of carbonyl (C=O) groups is 1. The fraction of sp³-hybridized carbons (Fsp3) is 0.320. The maximum absolute atomic E-state index is 13.4. The van der Waals surface area contributed by atoms with E-state index < -0.39 is 0 Å². The van der Waals surface area contributed by atoms with Gasteiger partial charge in [0.1, 0.15) is 0 Å². The summed E-state index contributed by atoms with van der Waals surface area (Å²) < 4.78 is 0. The Morgan fingerprint density at radius 2 is 1.72 bits per heavy atom. The lowest BCUT2D eigenvalue weighted by atomic mass is 9.88. The van der Waals surface area contributed by atoms with Crippen molar-refractivity contribution in [1.82, 2.24) is 4.90 Å². The van der Waals surface area contributed by atoms with Gasteiger partial charge in [0.05, 0.1) is 6.04 Å². The Labute approximate surface area is 176 Å². The first-order valence-corrected chi connectivity index (χ1v) is 11.4. The lowest BCUT2D eigenvalue weighted by molar-refractivity contribution is 0.195. The number of nitrogens with zero attached hydrogens (tertiary/aromatic N) is 1. The largest absolute Gasteiger partial charge is 0.322 e. The summed E-state index contributed by atoms with van der Waals surface area (Å²) in [6.45, 7) is 2.79. The second-order valence-corrected chi connectivity index (χ2v) is 9.19. The van der Waals surface area contributed by atoms with Gasteiger partial charge in [-0.15, -0.1) is 11.3 Å². The highest BCUT2D eigenvalue weighted by Gasteiger charge is 2.36. The topological polar surface area (TPSA) is 32.3 Å². The summed E-state index contributed by atoms with van der Waals surface area (Å²) in [6, 6.07) is 18.5. The molecule has 1 atom stereocenters. The molecule has 3 nitrogen and oxygen atoms in total. The molecule has 2 amide bonds. The highest BCUT2D eigenvalue weighted by molar-refractivity contribution is 7.12. The van der Waals surface area contributed by atoms with E-state index in [9.17, 15) is 4.79 Å². The van der Waals surface area contributed by atoms with Crippen LogP contribution in [0.15, 0.2) is 54.6 Å². The molecule has 2 aromatic carbocycles. The van der Waals surface area contributed by atoms with Crippen molar-refractivity contribution in [3.8, 4) is 0 Å². The van der Waals surface area contributed by atoms with Gasteiger partial charge in [0.15, 0.2) is 0 Å². The Kier molecular flexibility index (Phi) is 4.88. The maximum atomic E-state index is 13.4. The minimum Gasteiger partial charge on any atom is -0.312 e. The smallest absolute Gasteiger partial charge is 0.312 e. The number of thiophene rings is 1. The molecule has 2 heterocycles. The van der Waals surface area contributed by atoms with E-state index >= 15 is 0 Å². The number of urea groups is 1. The van der Waals surface area contributed by atoms with Crippen LogP contribution in [-0.4, -0.2) is 17.5 Å². The first kappa shape index (κ1) is 18.4. The summed E-state index contributed by atoms with van der Waals surface area (Å²) in [7, 11) is 0. The summed E-state index contributed by atoms with van der Waals surface area (Å²) in [5.74, 6) is 0. The van der Waals surface area contributed by atoms with Crippen molar-refractivity contribution in [2.24, 2.45) is 0 Å². The zero-order chi connectivity index (χ0) is 19.8. The summed E-state index contributed by atoms with van der Waals surface area (Å²) in [6.07, 6.45) is 5.96. The number of anilines is 1. The van der Waals surface area contributed by atoms with E-state index in [2.05, 4.69) is 29.6 Å². The van der Waals surface area contributed by atoms with Crippen LogP contribution in [0.2, 0.25) is 0 Å². The van der Waals surface area contributed by atoms with Crippen LogP contribution in [0.4, 0.5) is 10.5 Å². The van der Waals surface area contributed by atoms with Gasteiger partial charge in [-0.2, -0.15) is 0 Å². The van der Waals surface area contributed by atoms with E-state index in [0.29, 0.717) is 0 Å². The van der Waals surface area contributed by atoms with Gasteiger partial charge in [-0.3, -0.25) is 0 Å². The SMILES string of the molecule is Cc1ccccc1NC(=O)N1CCc2c(sc3c2CCCC3)[C@H]1c1ccccc1. The lowest BCUT2D eigenvalue weighted by Crippen LogP contribution is -2.42. The first-order chi connectivity index (χ1) is 14.2. The molecule has 0 radical (unpaired) electrons. The third-order valence-corrected chi connectivity index (χ3v) is 7.62. The van der Waals surface area contributed by atoms with Crippen molar-refractivity contribution in [3.05, 3.63) is 86.6 Å². The van der Waals surface area contributed by atoms with Gasteiger partial charge in [-0.1, -0.05) is 48.5 Å². The second-order valence-electron chi connectivity index (χ2n) is 8.06. The summed E-state index contributed by atoms with van der Waals surface area (Å²) in [4.78, 5) is 18.4. The molecular formula is C25H26N2OS. The fourth-order valence-corrected chi connectivity index (χ4v) is 6.32. The predicted octanol–water partition coefficient (Wildman–Crippen LogP) is 6.11. The molecule has 3 aromatic rings. The quantitative estimate of drug-likeness (QED) is 0.551. The number of fused-ring (bicyclic) bond motifs is 3. The second kappa shape index (κ2) is 7.68. The standard InChI is InChI=1S/C25H26N2OS/c1-17-9-5-7-13-21(17)26-25(28)27-16-15-20-19-12-6-8-14-22(19)29-24(20)23(27)18-10-3-2-4-11-18/h2-5,7,9-11,13,23H,6,8,12,14-16H2,1H3,(H,26,28)/t23-/m1/s1. The van der Waals surface area contributed by atoms with Gasteiger partial charge in [-0.25, -0.2) is 4.79 Å². The van der Waals surface area contributed by atoms with Crippen LogP contribution < -0.4 is 5.32 Å². The van der Waals surface area contributed by atoms with Crippen LogP contribution in [0, 0.1) is 6.92 Å². The van der Waals surface area contributed by atoms with Gasteiger partial charge in [0.2, 0.25) is 0 Å². The summed E-state index contributed by atoms with van der Waals surface area (Å²) in [5.41, 5.74) is 6.29. The maximum Gasteiger partial charge on any atom is 0.322 e. The third kappa shape index (κ3) is 3.36. The molecule has 1 N–H and O–H groups in total. The Bertz CT molecular complexity index is 1040. The Morgan fingerprint density at radius 3 is 2.55 bits per heavy atom. The number of nitrogens with one attached hydrogen (secondary N) is 1. The van der Waals surface area contributed by atoms with Crippen LogP contribution in [0.5, 0.6) is 0 Å².